The van der Waals surface area contributed by atoms with Gasteiger partial charge in [0.15, 0.2) is 0 Å². The van der Waals surface area contributed by atoms with E-state index in [1.54, 1.807) is 0 Å². The molecule has 6 nitrogen and oxygen atoms in total. The molecule has 2 aliphatic rings. The number of piperazine rings is 1. The molecule has 2 atom stereocenters. The van der Waals surface area contributed by atoms with Crippen LogP contribution >= 0.6 is 0 Å². The van der Waals surface area contributed by atoms with Gasteiger partial charge in [-0.25, -0.2) is 0 Å². The molecule has 1 amide bonds. The van der Waals surface area contributed by atoms with Gasteiger partial charge in [0.05, 0.1) is 11.8 Å². The summed E-state index contributed by atoms with van der Waals surface area (Å²) in [6.07, 6.45) is 0.495. The highest BCUT2D eigenvalue weighted by atomic mass is 16.4. The van der Waals surface area contributed by atoms with Gasteiger partial charge in [-0.15, -0.1) is 0 Å². The lowest BCUT2D eigenvalue weighted by molar-refractivity contribution is -0.140. The molecule has 1 heterocycles. The fourth-order valence-electron chi connectivity index (χ4n) is 2.16. The molecular weight excluding hydrogens is 222 g/mol. The SMILES string of the molecule is O=C(O)[C@H]1C[C@H]1C(=O)NCCN1CCNCC1. The minimum atomic E-state index is -0.854. The summed E-state index contributed by atoms with van der Waals surface area (Å²) in [6, 6.07) is 0. The second-order valence-corrected chi connectivity index (χ2v) is 4.67. The van der Waals surface area contributed by atoms with Gasteiger partial charge in [0.25, 0.3) is 0 Å². The zero-order valence-electron chi connectivity index (χ0n) is 9.82. The molecule has 0 aromatic carbocycles. The minimum Gasteiger partial charge on any atom is -0.481 e. The molecule has 1 aliphatic carbocycles. The van der Waals surface area contributed by atoms with Crippen LogP contribution in [0.4, 0.5) is 0 Å². The average Bonchev–Trinajstić information content (AvgIpc) is 3.10. The van der Waals surface area contributed by atoms with Crippen LogP contribution in [0.5, 0.6) is 0 Å². The largest absolute Gasteiger partial charge is 0.481 e. The maximum absolute atomic E-state index is 11.6. The molecule has 1 saturated carbocycles. The van der Waals surface area contributed by atoms with Gasteiger partial charge in [-0.1, -0.05) is 0 Å². The van der Waals surface area contributed by atoms with Crippen molar-refractivity contribution in [3.63, 3.8) is 0 Å². The second kappa shape index (κ2) is 5.46. The van der Waals surface area contributed by atoms with Crippen LogP contribution in [0.2, 0.25) is 0 Å². The highest BCUT2D eigenvalue weighted by Gasteiger charge is 2.48. The van der Waals surface area contributed by atoms with E-state index in [4.69, 9.17) is 5.11 Å². The van der Waals surface area contributed by atoms with Crippen molar-refractivity contribution in [2.45, 2.75) is 6.42 Å². The van der Waals surface area contributed by atoms with Crippen molar-refractivity contribution in [2.75, 3.05) is 39.3 Å². The topological polar surface area (TPSA) is 81.7 Å². The smallest absolute Gasteiger partial charge is 0.307 e. The number of carbonyl (C=O) groups is 2. The van der Waals surface area contributed by atoms with Gasteiger partial charge in [-0.3, -0.25) is 14.5 Å². The van der Waals surface area contributed by atoms with E-state index < -0.39 is 11.9 Å². The fourth-order valence-corrected chi connectivity index (χ4v) is 2.16. The molecule has 96 valence electrons. The van der Waals surface area contributed by atoms with E-state index in [0.717, 1.165) is 32.7 Å². The van der Waals surface area contributed by atoms with E-state index in [-0.39, 0.29) is 11.8 Å². The summed E-state index contributed by atoms with van der Waals surface area (Å²) in [4.78, 5) is 24.4. The van der Waals surface area contributed by atoms with E-state index in [9.17, 15) is 9.59 Å². The first kappa shape index (κ1) is 12.3. The van der Waals surface area contributed by atoms with Gasteiger partial charge in [0.1, 0.15) is 0 Å². The molecule has 6 heteroatoms. The molecule has 0 aromatic heterocycles. The fraction of sp³-hybridized carbons (Fsp3) is 0.818. The summed E-state index contributed by atoms with van der Waals surface area (Å²) in [5.74, 6) is -1.70. The zero-order chi connectivity index (χ0) is 12.3. The zero-order valence-corrected chi connectivity index (χ0v) is 9.82. The molecule has 0 radical (unpaired) electrons. The van der Waals surface area contributed by atoms with Gasteiger partial charge in [-0.05, 0) is 6.42 Å². The Hall–Kier alpha value is -1.14. The summed E-state index contributed by atoms with van der Waals surface area (Å²) >= 11 is 0. The maximum Gasteiger partial charge on any atom is 0.307 e. The van der Waals surface area contributed by atoms with Crippen LogP contribution in [0.1, 0.15) is 6.42 Å². The predicted octanol–water partition coefficient (Wildman–Crippen LogP) is -1.27. The molecule has 0 bridgehead atoms. The second-order valence-electron chi connectivity index (χ2n) is 4.67. The van der Waals surface area contributed by atoms with Crippen molar-refractivity contribution in [1.82, 2.24) is 15.5 Å². The third kappa shape index (κ3) is 3.41. The van der Waals surface area contributed by atoms with E-state index in [0.29, 0.717) is 13.0 Å². The molecule has 1 saturated heterocycles. The number of nitrogens with zero attached hydrogens (tertiary/aromatic N) is 1. The van der Waals surface area contributed by atoms with Gasteiger partial charge in [0.2, 0.25) is 5.91 Å². The quantitative estimate of drug-likeness (QED) is 0.559. The van der Waals surface area contributed by atoms with E-state index in [2.05, 4.69) is 15.5 Å². The summed E-state index contributed by atoms with van der Waals surface area (Å²) in [6.45, 7) is 5.48. The lowest BCUT2D eigenvalue weighted by Gasteiger charge is -2.27. The Balaban J connectivity index is 1.59. The monoisotopic (exact) mass is 241 g/mol. The number of hydrogen-bond acceptors (Lipinski definition) is 4. The molecule has 17 heavy (non-hydrogen) atoms. The maximum atomic E-state index is 11.6. The molecule has 1 aliphatic heterocycles. The third-order valence-electron chi connectivity index (χ3n) is 3.38. The Morgan fingerprint density at radius 2 is 2.00 bits per heavy atom. The van der Waals surface area contributed by atoms with Crippen molar-refractivity contribution in [2.24, 2.45) is 11.8 Å². The number of hydrogen-bond donors (Lipinski definition) is 3. The number of carboxylic acid groups (broad SMARTS) is 1. The Morgan fingerprint density at radius 3 is 2.59 bits per heavy atom. The van der Waals surface area contributed by atoms with Crippen molar-refractivity contribution >= 4 is 11.9 Å². The van der Waals surface area contributed by atoms with Crippen LogP contribution in [0, 0.1) is 11.8 Å². The van der Waals surface area contributed by atoms with E-state index in [1.165, 1.54) is 0 Å². The van der Waals surface area contributed by atoms with Crippen LogP contribution < -0.4 is 10.6 Å². The van der Waals surface area contributed by atoms with Crippen LogP contribution in [-0.4, -0.2) is 61.2 Å². The van der Waals surface area contributed by atoms with Crippen molar-refractivity contribution in [3.8, 4) is 0 Å². The van der Waals surface area contributed by atoms with Gasteiger partial charge in [0, 0.05) is 39.3 Å². The summed E-state index contributed by atoms with van der Waals surface area (Å²) < 4.78 is 0. The van der Waals surface area contributed by atoms with Crippen LogP contribution in [0.25, 0.3) is 0 Å². The number of carboxylic acids is 1. The number of rotatable bonds is 5. The highest BCUT2D eigenvalue weighted by Crippen LogP contribution is 2.38. The first-order valence-corrected chi connectivity index (χ1v) is 6.12. The van der Waals surface area contributed by atoms with Gasteiger partial charge < -0.3 is 15.7 Å². The van der Waals surface area contributed by atoms with Crippen LogP contribution in [0.3, 0.4) is 0 Å². The van der Waals surface area contributed by atoms with E-state index in [1.807, 2.05) is 0 Å². The van der Waals surface area contributed by atoms with Crippen molar-refractivity contribution in [1.29, 1.82) is 0 Å². The molecule has 2 rings (SSSR count). The third-order valence-corrected chi connectivity index (χ3v) is 3.38. The number of amides is 1. The molecule has 2 fully saturated rings. The van der Waals surface area contributed by atoms with Crippen LogP contribution in [0.15, 0.2) is 0 Å². The molecule has 0 unspecified atom stereocenters. The first-order chi connectivity index (χ1) is 8.18. The Bertz CT molecular complexity index is 302. The molecular formula is C11H19N3O3. The van der Waals surface area contributed by atoms with E-state index >= 15 is 0 Å². The van der Waals surface area contributed by atoms with Gasteiger partial charge in [-0.2, -0.15) is 0 Å². The number of nitrogens with one attached hydrogen (secondary N) is 2. The summed E-state index contributed by atoms with van der Waals surface area (Å²) in [5.41, 5.74) is 0. The summed E-state index contributed by atoms with van der Waals surface area (Å²) in [7, 11) is 0. The van der Waals surface area contributed by atoms with Gasteiger partial charge >= 0.3 is 5.97 Å². The minimum absolute atomic E-state index is 0.104. The lowest BCUT2D eigenvalue weighted by atomic mass is 10.3. The van der Waals surface area contributed by atoms with Crippen molar-refractivity contribution < 1.29 is 14.7 Å². The average molecular weight is 241 g/mol. The molecule has 0 aromatic rings. The Kier molecular flexibility index (Phi) is 3.96. The molecule has 0 spiro atoms. The highest BCUT2D eigenvalue weighted by molar-refractivity contribution is 5.89. The standard InChI is InChI=1S/C11H19N3O3/c15-10(8-7-9(8)11(16)17)13-3-6-14-4-1-12-2-5-14/h8-9,12H,1-7H2,(H,13,15)(H,16,17)/t8-,9+/m1/s1. The Morgan fingerprint density at radius 1 is 1.29 bits per heavy atom. The lowest BCUT2D eigenvalue weighted by Crippen LogP contribution is -2.46. The Labute approximate surface area is 100 Å². The predicted molar refractivity (Wildman–Crippen MR) is 61.6 cm³/mol. The normalized spacial score (nSPS) is 28.7. The van der Waals surface area contributed by atoms with Crippen LogP contribution in [-0.2, 0) is 9.59 Å². The summed E-state index contributed by atoms with van der Waals surface area (Å²) in [5, 5.41) is 14.8. The first-order valence-electron chi connectivity index (χ1n) is 6.12. The molecule has 3 N–H and O–H groups in total. The number of carbonyl (C=O) groups excluding carboxylic acids is 1. The number of aliphatic carboxylic acids is 1. The van der Waals surface area contributed by atoms with Crippen molar-refractivity contribution in [3.05, 3.63) is 0 Å².